The van der Waals surface area contributed by atoms with E-state index >= 15 is 0 Å². The Bertz CT molecular complexity index is 2480. The van der Waals surface area contributed by atoms with Crippen LogP contribution in [0, 0.1) is 0 Å². The van der Waals surface area contributed by atoms with Gasteiger partial charge in [0.25, 0.3) is 0 Å². The van der Waals surface area contributed by atoms with E-state index in [9.17, 15) is 0 Å². The molecule has 0 radical (unpaired) electrons. The Kier molecular flexibility index (Phi) is 2.20. The van der Waals surface area contributed by atoms with Crippen LogP contribution < -0.4 is 0 Å². The molecule has 0 aliphatic carbocycles. The van der Waals surface area contributed by atoms with Gasteiger partial charge >= 0.3 is 0 Å². The van der Waals surface area contributed by atoms with E-state index in [4.69, 9.17) is 21.2 Å². The predicted molar refractivity (Wildman–Crippen MR) is 141 cm³/mol. The van der Waals surface area contributed by atoms with Crippen molar-refractivity contribution in [3.63, 3.8) is 0 Å². The standard InChI is InChI=1S/C32H18O2/c1-3-10-21-19(8-1)16-20-9-2-4-11-22(20)31(21)24-13-7-15-28-32(24)26-18-29-25(17-30(26)34-28)23-12-5-6-14-27(23)33-29/h1-18H/i1D,2D,3D,4D,8D,9D,10D,11D,16D. The van der Waals surface area contributed by atoms with Crippen LogP contribution >= 0.6 is 0 Å². The van der Waals surface area contributed by atoms with Crippen molar-refractivity contribution in [2.24, 2.45) is 0 Å². The summed E-state index contributed by atoms with van der Waals surface area (Å²) in [7, 11) is 0. The molecule has 0 aliphatic heterocycles. The summed E-state index contributed by atoms with van der Waals surface area (Å²) in [6.45, 7) is 0. The van der Waals surface area contributed by atoms with E-state index in [1.807, 2.05) is 36.4 Å². The van der Waals surface area contributed by atoms with E-state index in [0.29, 0.717) is 38.7 Å². The zero-order valence-electron chi connectivity index (χ0n) is 26.5. The van der Waals surface area contributed by atoms with Gasteiger partial charge in [-0.3, -0.25) is 0 Å². The predicted octanol–water partition coefficient (Wildman–Crippen LogP) is 9.46. The number of rotatable bonds is 1. The number of hydrogen-bond donors (Lipinski definition) is 0. The molecule has 34 heavy (non-hydrogen) atoms. The van der Waals surface area contributed by atoms with Crippen molar-refractivity contribution in [3.8, 4) is 11.1 Å². The molecule has 0 unspecified atom stereocenters. The van der Waals surface area contributed by atoms with Gasteiger partial charge in [-0.25, -0.2) is 0 Å². The van der Waals surface area contributed by atoms with Crippen molar-refractivity contribution in [1.82, 2.24) is 0 Å². The molecule has 2 heterocycles. The Morgan fingerprint density at radius 1 is 0.529 bits per heavy atom. The Balaban J connectivity index is 1.65. The first-order chi connectivity index (χ1) is 20.6. The van der Waals surface area contributed by atoms with Crippen LogP contribution in [-0.4, -0.2) is 0 Å². The number of furan rings is 2. The van der Waals surface area contributed by atoms with Crippen LogP contribution in [0.3, 0.4) is 0 Å². The Morgan fingerprint density at radius 2 is 1.18 bits per heavy atom. The highest BCUT2D eigenvalue weighted by atomic mass is 16.3. The molecule has 0 saturated heterocycles. The fourth-order valence-electron chi connectivity index (χ4n) is 4.96. The third-order valence-electron chi connectivity index (χ3n) is 6.39. The molecule has 2 nitrogen and oxygen atoms in total. The van der Waals surface area contributed by atoms with Gasteiger partial charge in [0.05, 0.1) is 12.3 Å². The molecule has 0 saturated carbocycles. The van der Waals surface area contributed by atoms with Crippen LogP contribution in [0.5, 0.6) is 0 Å². The second-order valence-electron chi connectivity index (χ2n) is 8.22. The molecule has 2 heteroatoms. The molecular formula is C32H18O2. The molecular weight excluding hydrogens is 416 g/mol. The molecule has 8 rings (SSSR count). The second-order valence-corrected chi connectivity index (χ2v) is 8.22. The van der Waals surface area contributed by atoms with Gasteiger partial charge < -0.3 is 8.83 Å². The molecule has 158 valence electrons. The van der Waals surface area contributed by atoms with Gasteiger partial charge in [-0.2, -0.15) is 0 Å². The molecule has 0 fully saturated rings. The van der Waals surface area contributed by atoms with Gasteiger partial charge in [0.2, 0.25) is 0 Å². The van der Waals surface area contributed by atoms with Crippen LogP contribution in [0.4, 0.5) is 0 Å². The van der Waals surface area contributed by atoms with Crippen LogP contribution in [0.2, 0.25) is 0 Å². The topological polar surface area (TPSA) is 26.3 Å². The SMILES string of the molecule is [2H]c1c([2H])c([2H])c2c(-c3cccc4oc5cc6c(cc5c34)oc3ccccc36)c3c([2H])c([2H])c([2H])c([2H])c3c([2H])c2c1[2H]. The highest BCUT2D eigenvalue weighted by Crippen LogP contribution is 2.44. The Morgan fingerprint density at radius 3 is 2.00 bits per heavy atom. The van der Waals surface area contributed by atoms with Crippen LogP contribution in [0.1, 0.15) is 12.3 Å². The van der Waals surface area contributed by atoms with Gasteiger partial charge in [0.1, 0.15) is 22.3 Å². The third-order valence-corrected chi connectivity index (χ3v) is 6.39. The van der Waals surface area contributed by atoms with Crippen LogP contribution in [-0.2, 0) is 0 Å². The van der Waals surface area contributed by atoms with Gasteiger partial charge in [-0.1, -0.05) is 78.7 Å². The normalized spacial score (nSPS) is 15.8. The average Bonchev–Trinajstić information content (AvgIpc) is 3.56. The quantitative estimate of drug-likeness (QED) is 0.236. The summed E-state index contributed by atoms with van der Waals surface area (Å²) in [5.41, 5.74) is 2.98. The summed E-state index contributed by atoms with van der Waals surface area (Å²) >= 11 is 0. The number of fused-ring (bicyclic) bond motifs is 8. The highest BCUT2D eigenvalue weighted by Gasteiger charge is 2.18. The molecule has 0 spiro atoms. The molecule has 8 aromatic rings. The summed E-state index contributed by atoms with van der Waals surface area (Å²) in [6, 6.07) is 12.4. The lowest BCUT2D eigenvalue weighted by molar-refractivity contribution is 0.664. The minimum absolute atomic E-state index is 0.000181. The molecule has 0 bridgehead atoms. The van der Waals surface area contributed by atoms with E-state index < -0.39 is 48.3 Å². The number of para-hydroxylation sites is 1. The number of hydrogen-bond acceptors (Lipinski definition) is 2. The average molecular weight is 444 g/mol. The minimum atomic E-state index is -0.531. The van der Waals surface area contributed by atoms with Gasteiger partial charge in [0.15, 0.2) is 0 Å². The summed E-state index contributed by atoms with van der Waals surface area (Å²) in [6.07, 6.45) is 0. The van der Waals surface area contributed by atoms with E-state index in [0.717, 1.165) is 10.8 Å². The fourth-order valence-corrected chi connectivity index (χ4v) is 4.96. The van der Waals surface area contributed by atoms with E-state index in [1.54, 1.807) is 18.2 Å². The monoisotopic (exact) mass is 443 g/mol. The fraction of sp³-hybridized carbons (Fsp3) is 0. The molecule has 2 aromatic heterocycles. The number of benzene rings is 6. The van der Waals surface area contributed by atoms with E-state index in [2.05, 4.69) is 0 Å². The lowest BCUT2D eigenvalue weighted by Gasteiger charge is -2.13. The zero-order chi connectivity index (χ0) is 30.1. The maximum Gasteiger partial charge on any atom is 0.136 e. The summed E-state index contributed by atoms with van der Waals surface area (Å²) in [5, 5.41) is 2.79. The van der Waals surface area contributed by atoms with Gasteiger partial charge in [-0.15, -0.1) is 0 Å². The molecule has 6 aromatic carbocycles. The minimum Gasteiger partial charge on any atom is -0.456 e. The van der Waals surface area contributed by atoms with E-state index in [1.165, 1.54) is 0 Å². The van der Waals surface area contributed by atoms with E-state index in [-0.39, 0.29) is 33.2 Å². The van der Waals surface area contributed by atoms with Gasteiger partial charge in [0, 0.05) is 21.5 Å². The first kappa shape index (κ1) is 11.5. The Labute approximate surface area is 207 Å². The summed E-state index contributed by atoms with van der Waals surface area (Å²) < 4.78 is 90.1. The molecule has 0 amide bonds. The van der Waals surface area contributed by atoms with Crippen molar-refractivity contribution >= 4 is 65.4 Å². The summed E-state index contributed by atoms with van der Waals surface area (Å²) in [5.74, 6) is 0. The van der Waals surface area contributed by atoms with Gasteiger partial charge in [-0.05, 0) is 63.0 Å². The lowest BCUT2D eigenvalue weighted by Crippen LogP contribution is -1.86. The van der Waals surface area contributed by atoms with Crippen molar-refractivity contribution in [2.75, 3.05) is 0 Å². The van der Waals surface area contributed by atoms with Crippen molar-refractivity contribution < 1.29 is 21.2 Å². The van der Waals surface area contributed by atoms with Crippen LogP contribution in [0.25, 0.3) is 76.5 Å². The maximum atomic E-state index is 8.98. The van der Waals surface area contributed by atoms with Crippen molar-refractivity contribution in [3.05, 3.63) is 109 Å². The maximum absolute atomic E-state index is 8.98. The van der Waals surface area contributed by atoms with Crippen LogP contribution in [0.15, 0.2) is 118 Å². The van der Waals surface area contributed by atoms with Crippen molar-refractivity contribution in [1.29, 1.82) is 0 Å². The molecule has 0 atom stereocenters. The van der Waals surface area contributed by atoms with Crippen molar-refractivity contribution in [2.45, 2.75) is 0 Å². The smallest absolute Gasteiger partial charge is 0.136 e. The first-order valence-corrected chi connectivity index (χ1v) is 10.8. The highest BCUT2D eigenvalue weighted by molar-refractivity contribution is 6.23. The zero-order valence-corrected chi connectivity index (χ0v) is 17.5. The second kappa shape index (κ2) is 6.49. The first-order valence-electron chi connectivity index (χ1n) is 15.3. The lowest BCUT2D eigenvalue weighted by atomic mass is 9.90. The Hall–Kier alpha value is -4.56. The summed E-state index contributed by atoms with van der Waals surface area (Å²) in [4.78, 5) is 0. The largest absolute Gasteiger partial charge is 0.456 e. The third kappa shape index (κ3) is 2.35. The molecule has 0 N–H and O–H groups in total. The molecule has 0 aliphatic rings.